The largest absolute Gasteiger partial charge is 0.380 e. The molecule has 0 amide bonds. The standard InChI is InChI=1S/C13H18BrN/c1-12(14)11-15(2)10-6-9-13-7-4-3-5-8-13/h3-5,7-8,11H,6,9-10H2,1-2H3/b12-11+. The minimum Gasteiger partial charge on any atom is -0.380 e. The summed E-state index contributed by atoms with van der Waals surface area (Å²) in [6, 6.07) is 10.6. The van der Waals surface area contributed by atoms with E-state index in [1.807, 2.05) is 6.92 Å². The molecular formula is C13H18BrN. The number of hydrogen-bond acceptors (Lipinski definition) is 1. The number of nitrogens with zero attached hydrogens (tertiary/aromatic N) is 1. The van der Waals surface area contributed by atoms with Gasteiger partial charge in [-0.3, -0.25) is 0 Å². The average Bonchev–Trinajstić information content (AvgIpc) is 2.18. The molecule has 0 saturated carbocycles. The van der Waals surface area contributed by atoms with Gasteiger partial charge in [0.1, 0.15) is 0 Å². The maximum absolute atomic E-state index is 3.43. The number of benzene rings is 1. The molecule has 0 unspecified atom stereocenters. The normalized spacial score (nSPS) is 11.5. The van der Waals surface area contributed by atoms with Crippen molar-refractivity contribution >= 4 is 15.9 Å². The summed E-state index contributed by atoms with van der Waals surface area (Å²) in [4.78, 5) is 2.22. The van der Waals surface area contributed by atoms with E-state index in [0.29, 0.717) is 0 Å². The van der Waals surface area contributed by atoms with Crippen LogP contribution in [0.5, 0.6) is 0 Å². The monoisotopic (exact) mass is 267 g/mol. The van der Waals surface area contributed by atoms with Crippen molar-refractivity contribution in [1.82, 2.24) is 4.90 Å². The van der Waals surface area contributed by atoms with Crippen molar-refractivity contribution < 1.29 is 0 Å². The molecule has 82 valence electrons. The summed E-state index contributed by atoms with van der Waals surface area (Å²) in [5.41, 5.74) is 1.42. The highest BCUT2D eigenvalue weighted by molar-refractivity contribution is 9.11. The van der Waals surface area contributed by atoms with Crippen LogP contribution in [0.25, 0.3) is 0 Å². The van der Waals surface area contributed by atoms with Gasteiger partial charge in [-0.05, 0) is 25.3 Å². The molecule has 1 aromatic carbocycles. The first kappa shape index (κ1) is 12.3. The van der Waals surface area contributed by atoms with Crippen molar-refractivity contribution in [3.63, 3.8) is 0 Å². The number of aryl methyl sites for hydroxylation is 1. The maximum Gasteiger partial charge on any atom is 0.0172 e. The van der Waals surface area contributed by atoms with Crippen LogP contribution >= 0.6 is 15.9 Å². The van der Waals surface area contributed by atoms with Crippen LogP contribution in [0.1, 0.15) is 18.9 Å². The summed E-state index contributed by atoms with van der Waals surface area (Å²) < 4.78 is 1.17. The lowest BCUT2D eigenvalue weighted by Crippen LogP contribution is -2.13. The first-order valence-electron chi connectivity index (χ1n) is 5.26. The zero-order valence-corrected chi connectivity index (χ0v) is 11.0. The molecule has 1 nitrogen and oxygen atoms in total. The highest BCUT2D eigenvalue weighted by Crippen LogP contribution is 2.06. The molecular weight excluding hydrogens is 250 g/mol. The second-order valence-electron chi connectivity index (χ2n) is 3.79. The van der Waals surface area contributed by atoms with Crippen molar-refractivity contribution in [2.45, 2.75) is 19.8 Å². The fraction of sp³-hybridized carbons (Fsp3) is 0.385. The number of halogens is 1. The Bertz CT molecular complexity index is 302. The van der Waals surface area contributed by atoms with E-state index in [4.69, 9.17) is 0 Å². The van der Waals surface area contributed by atoms with Crippen molar-refractivity contribution in [2.75, 3.05) is 13.6 Å². The Kier molecular flexibility index (Phi) is 5.48. The summed E-state index contributed by atoms with van der Waals surface area (Å²) in [5.74, 6) is 0. The second-order valence-corrected chi connectivity index (χ2v) is 5.04. The summed E-state index contributed by atoms with van der Waals surface area (Å²) in [6.45, 7) is 3.14. The molecule has 0 aliphatic carbocycles. The smallest absolute Gasteiger partial charge is 0.0172 e. The van der Waals surface area contributed by atoms with Crippen LogP contribution in [0.15, 0.2) is 41.0 Å². The molecule has 2 heteroatoms. The molecule has 0 saturated heterocycles. The molecule has 0 bridgehead atoms. The predicted molar refractivity (Wildman–Crippen MR) is 70.1 cm³/mol. The summed E-state index contributed by atoms with van der Waals surface area (Å²) in [7, 11) is 2.11. The number of rotatable bonds is 5. The van der Waals surface area contributed by atoms with E-state index in [2.05, 4.69) is 64.4 Å². The first-order valence-corrected chi connectivity index (χ1v) is 6.06. The third-order valence-electron chi connectivity index (χ3n) is 2.22. The van der Waals surface area contributed by atoms with Crippen LogP contribution in [0.4, 0.5) is 0 Å². The van der Waals surface area contributed by atoms with Crippen LogP contribution in [-0.2, 0) is 6.42 Å². The third-order valence-corrected chi connectivity index (χ3v) is 2.42. The molecule has 0 radical (unpaired) electrons. The fourth-order valence-electron chi connectivity index (χ4n) is 1.55. The van der Waals surface area contributed by atoms with E-state index >= 15 is 0 Å². The van der Waals surface area contributed by atoms with Crippen LogP contribution in [0.3, 0.4) is 0 Å². The SMILES string of the molecule is C/C(Br)=C\N(C)CCCc1ccccc1. The van der Waals surface area contributed by atoms with Crippen molar-refractivity contribution in [2.24, 2.45) is 0 Å². The van der Waals surface area contributed by atoms with Gasteiger partial charge >= 0.3 is 0 Å². The van der Waals surface area contributed by atoms with Gasteiger partial charge in [0.2, 0.25) is 0 Å². The highest BCUT2D eigenvalue weighted by atomic mass is 79.9. The van der Waals surface area contributed by atoms with Crippen molar-refractivity contribution in [1.29, 1.82) is 0 Å². The third kappa shape index (κ3) is 5.63. The van der Waals surface area contributed by atoms with Gasteiger partial charge < -0.3 is 4.90 Å². The van der Waals surface area contributed by atoms with Gasteiger partial charge in [-0.15, -0.1) is 0 Å². The quantitative estimate of drug-likeness (QED) is 0.785. The average molecular weight is 268 g/mol. The summed E-state index contributed by atoms with van der Waals surface area (Å²) in [6.07, 6.45) is 4.46. The molecule has 0 N–H and O–H groups in total. The topological polar surface area (TPSA) is 3.24 Å². The Balaban J connectivity index is 2.25. The van der Waals surface area contributed by atoms with E-state index in [-0.39, 0.29) is 0 Å². The van der Waals surface area contributed by atoms with Crippen molar-refractivity contribution in [3.05, 3.63) is 46.6 Å². The number of hydrogen-bond donors (Lipinski definition) is 0. The summed E-state index contributed by atoms with van der Waals surface area (Å²) in [5, 5.41) is 0. The molecule has 15 heavy (non-hydrogen) atoms. The molecule has 0 aromatic heterocycles. The van der Waals surface area contributed by atoms with Gasteiger partial charge in [0, 0.05) is 24.3 Å². The highest BCUT2D eigenvalue weighted by Gasteiger charge is 1.95. The second kappa shape index (κ2) is 6.67. The van der Waals surface area contributed by atoms with E-state index in [0.717, 1.165) is 13.0 Å². The van der Waals surface area contributed by atoms with Gasteiger partial charge in [0.15, 0.2) is 0 Å². The lowest BCUT2D eigenvalue weighted by molar-refractivity contribution is 0.443. The van der Waals surface area contributed by atoms with Gasteiger partial charge in [0.25, 0.3) is 0 Å². The van der Waals surface area contributed by atoms with Gasteiger partial charge in [-0.2, -0.15) is 0 Å². The van der Waals surface area contributed by atoms with Crippen LogP contribution in [-0.4, -0.2) is 18.5 Å². The van der Waals surface area contributed by atoms with Crippen LogP contribution < -0.4 is 0 Å². The Labute approximate surface area is 101 Å². The Morgan fingerprint density at radius 1 is 1.33 bits per heavy atom. The lowest BCUT2D eigenvalue weighted by Gasteiger charge is -2.13. The zero-order valence-electron chi connectivity index (χ0n) is 9.41. The Hall–Kier alpha value is -0.760. The zero-order chi connectivity index (χ0) is 11.1. The van der Waals surface area contributed by atoms with Crippen LogP contribution in [0.2, 0.25) is 0 Å². The van der Waals surface area contributed by atoms with Gasteiger partial charge in [0.05, 0.1) is 0 Å². The lowest BCUT2D eigenvalue weighted by atomic mass is 10.1. The van der Waals surface area contributed by atoms with Gasteiger partial charge in [-0.1, -0.05) is 46.3 Å². The molecule has 0 atom stereocenters. The first-order chi connectivity index (χ1) is 7.18. The molecule has 0 aliphatic heterocycles. The molecule has 0 fully saturated rings. The van der Waals surface area contributed by atoms with E-state index in [1.54, 1.807) is 0 Å². The number of allylic oxidation sites excluding steroid dienone is 1. The van der Waals surface area contributed by atoms with Crippen molar-refractivity contribution in [3.8, 4) is 0 Å². The minimum atomic E-state index is 1.10. The van der Waals surface area contributed by atoms with Gasteiger partial charge in [-0.25, -0.2) is 0 Å². The van der Waals surface area contributed by atoms with Crippen LogP contribution in [0, 0.1) is 0 Å². The maximum atomic E-state index is 3.43. The summed E-state index contributed by atoms with van der Waals surface area (Å²) >= 11 is 3.43. The molecule has 0 heterocycles. The molecule has 1 aromatic rings. The Morgan fingerprint density at radius 2 is 2.00 bits per heavy atom. The molecule has 0 spiro atoms. The fourth-order valence-corrected chi connectivity index (χ4v) is 1.90. The molecule has 1 rings (SSSR count). The Morgan fingerprint density at radius 3 is 2.60 bits per heavy atom. The van der Waals surface area contributed by atoms with E-state index in [1.165, 1.54) is 16.5 Å². The molecule has 0 aliphatic rings. The van der Waals surface area contributed by atoms with E-state index in [9.17, 15) is 0 Å². The van der Waals surface area contributed by atoms with E-state index < -0.39 is 0 Å². The minimum absolute atomic E-state index is 1.10. The predicted octanol–water partition coefficient (Wildman–Crippen LogP) is 3.81.